The van der Waals surface area contributed by atoms with Gasteiger partial charge < -0.3 is 0 Å². The molecule has 50 heavy (non-hydrogen) atoms. The number of hydrogen-bond acceptors (Lipinski definition) is 6. The van der Waals surface area contributed by atoms with Crippen LogP contribution in [0, 0.1) is 23.7 Å². The number of aliphatic hydroxyl groups excluding tert-OH is 1. The van der Waals surface area contributed by atoms with E-state index in [-0.39, 0.29) is 56.4 Å². The first-order valence-corrected chi connectivity index (χ1v) is 22.0. The van der Waals surface area contributed by atoms with Crippen LogP contribution in [0.3, 0.4) is 0 Å². The molecule has 6 atom stereocenters. The summed E-state index contributed by atoms with van der Waals surface area (Å²) >= 11 is 0.126. The zero-order valence-electron chi connectivity index (χ0n) is 31.2. The fraction of sp³-hybridized carbons (Fsp3) is 0.500. The van der Waals surface area contributed by atoms with Gasteiger partial charge in [-0.3, -0.25) is 0 Å². The van der Waals surface area contributed by atoms with Crippen molar-refractivity contribution < 1.29 is 28.5 Å². The molecule has 1 aliphatic rings. The summed E-state index contributed by atoms with van der Waals surface area (Å²) in [5, 5.41) is 14.5. The Balaban J connectivity index is 1.65. The van der Waals surface area contributed by atoms with Crippen LogP contribution >= 0.6 is 0 Å². The molecule has 1 heterocycles. The Morgan fingerprint density at radius 1 is 0.940 bits per heavy atom. The van der Waals surface area contributed by atoms with Crippen molar-refractivity contribution >= 4 is 44.1 Å². The number of carbonyl (C=O) groups is 1. The van der Waals surface area contributed by atoms with Gasteiger partial charge in [0.2, 0.25) is 0 Å². The monoisotopic (exact) mass is 766 g/mol. The first-order valence-electron chi connectivity index (χ1n) is 18.0. The van der Waals surface area contributed by atoms with Crippen LogP contribution in [0.5, 0.6) is 0 Å². The Hall–Kier alpha value is -2.55. The maximum absolute atomic E-state index is 13.2. The second-order valence-corrected chi connectivity index (χ2v) is 21.5. The van der Waals surface area contributed by atoms with E-state index in [0.29, 0.717) is 6.61 Å². The van der Waals surface area contributed by atoms with Crippen molar-refractivity contribution in [2.75, 3.05) is 20.3 Å². The molecule has 3 aromatic rings. The predicted octanol–water partition coefficient (Wildman–Crippen LogP) is 6.54. The van der Waals surface area contributed by atoms with Crippen LogP contribution in [-0.2, 0) is 23.4 Å². The van der Waals surface area contributed by atoms with Gasteiger partial charge in [0.05, 0.1) is 0 Å². The van der Waals surface area contributed by atoms with E-state index in [1.165, 1.54) is 14.8 Å². The number of hydrogen-bond donors (Lipinski definition) is 1. The predicted molar refractivity (Wildman–Crippen MR) is 207 cm³/mol. The Bertz CT molecular complexity index is 1440. The van der Waals surface area contributed by atoms with Crippen molar-refractivity contribution in [3.05, 3.63) is 103 Å². The number of rotatable bonds is 18. The zero-order chi connectivity index (χ0) is 36.4. The molecule has 4 rings (SSSR count). The van der Waals surface area contributed by atoms with Gasteiger partial charge in [0.25, 0.3) is 0 Å². The van der Waals surface area contributed by atoms with Gasteiger partial charge in [-0.1, -0.05) is 12.1 Å². The molecule has 272 valence electrons. The number of esters is 1. The Morgan fingerprint density at radius 3 is 2.02 bits per heavy atom. The average molecular weight is 766 g/mol. The number of allylic oxidation sites excluding steroid dienone is 1. The molecule has 0 spiro atoms. The number of methoxy groups -OCH3 is 1. The van der Waals surface area contributed by atoms with Gasteiger partial charge in [-0.2, -0.15) is 0 Å². The van der Waals surface area contributed by atoms with E-state index < -0.39 is 26.1 Å². The SMILES string of the molecule is C/C=C/C(O)[C@H]1C(=O)OC[C@@H]1[C@H]([C@H](C)CCCO[Si](c1ccccc1)(c1ccccc1)C(C)(C)C)[C@@H](C[Se]c1ccccc1)OC(C)(C)OC. The van der Waals surface area contributed by atoms with Crippen LogP contribution in [0.2, 0.25) is 10.4 Å². The molecule has 1 aliphatic heterocycles. The topological polar surface area (TPSA) is 74.2 Å². The van der Waals surface area contributed by atoms with E-state index in [1.807, 2.05) is 26.8 Å². The zero-order valence-corrected chi connectivity index (χ0v) is 33.9. The van der Waals surface area contributed by atoms with Gasteiger partial charge in [-0.25, -0.2) is 0 Å². The van der Waals surface area contributed by atoms with Gasteiger partial charge in [0.15, 0.2) is 0 Å². The molecule has 0 aromatic heterocycles. The molecule has 0 radical (unpaired) electrons. The Morgan fingerprint density at radius 2 is 1.50 bits per heavy atom. The summed E-state index contributed by atoms with van der Waals surface area (Å²) in [4.78, 5) is 13.2. The molecule has 1 unspecified atom stereocenters. The van der Waals surface area contributed by atoms with Crippen LogP contribution in [-0.4, -0.2) is 72.7 Å². The normalized spacial score (nSPS) is 19.7. The third kappa shape index (κ3) is 9.85. The summed E-state index contributed by atoms with van der Waals surface area (Å²) in [6.07, 6.45) is 4.06. The van der Waals surface area contributed by atoms with Crippen LogP contribution in [0.4, 0.5) is 0 Å². The van der Waals surface area contributed by atoms with E-state index in [2.05, 4.69) is 113 Å². The van der Waals surface area contributed by atoms with Crippen LogP contribution in [0.25, 0.3) is 0 Å². The second-order valence-electron chi connectivity index (χ2n) is 14.9. The van der Waals surface area contributed by atoms with Gasteiger partial charge in [-0.15, -0.1) is 0 Å². The number of cyclic esters (lactones) is 1. The molecule has 1 fully saturated rings. The average Bonchev–Trinajstić information content (AvgIpc) is 3.48. The number of aliphatic hydroxyl groups is 1. The molecule has 0 aliphatic carbocycles. The molecule has 1 saturated heterocycles. The van der Waals surface area contributed by atoms with Crippen molar-refractivity contribution in [2.45, 2.75) is 89.7 Å². The Kier molecular flexibility index (Phi) is 14.7. The summed E-state index contributed by atoms with van der Waals surface area (Å²) in [5.41, 5.74) is 0. The Labute approximate surface area is 308 Å². The van der Waals surface area contributed by atoms with Crippen molar-refractivity contribution in [1.29, 1.82) is 0 Å². The summed E-state index contributed by atoms with van der Waals surface area (Å²) in [6.45, 7) is 15.8. The summed E-state index contributed by atoms with van der Waals surface area (Å²) in [6, 6.07) is 32.0. The summed E-state index contributed by atoms with van der Waals surface area (Å²) in [5.74, 6) is -1.98. The van der Waals surface area contributed by atoms with Crippen LogP contribution < -0.4 is 14.8 Å². The molecule has 0 amide bonds. The van der Waals surface area contributed by atoms with E-state index in [0.717, 1.165) is 18.2 Å². The number of carbonyl (C=O) groups excluding carboxylic acids is 1. The van der Waals surface area contributed by atoms with Gasteiger partial charge >= 0.3 is 297 Å². The first kappa shape index (κ1) is 40.2. The molecule has 0 bridgehead atoms. The molecule has 6 nitrogen and oxygen atoms in total. The van der Waals surface area contributed by atoms with Crippen LogP contribution in [0.15, 0.2) is 103 Å². The quantitative estimate of drug-likeness (QED) is 0.0522. The van der Waals surface area contributed by atoms with Gasteiger partial charge in [-0.05, 0) is 0 Å². The molecular formula is C42H58O6SeSi. The molecule has 8 heteroatoms. The minimum atomic E-state index is -2.67. The first-order chi connectivity index (χ1) is 23.8. The molecule has 3 aromatic carbocycles. The molecule has 0 saturated carbocycles. The fourth-order valence-corrected chi connectivity index (χ4v) is 14.3. The van der Waals surface area contributed by atoms with Gasteiger partial charge in [0, 0.05) is 0 Å². The standard InChI is InChI=1S/C42H58O6SeSi/c1-9-20-36(43)39-35(29-46-40(39)44)38(37(48-42(6,7)45-8)30-49-32-22-13-10-14-23-32)31(2)21-19-28-47-50(41(3,4)5,33-24-15-11-16-25-33)34-26-17-12-18-27-34/h9-18,20,22-27,31,35-39,43H,19,21,28-30H2,1-8H3/b20-9+/t31-,35-,36?,37-,38+,39+/m1/s1. The van der Waals surface area contributed by atoms with Crippen molar-refractivity contribution in [1.82, 2.24) is 0 Å². The van der Waals surface area contributed by atoms with E-state index in [4.69, 9.17) is 18.6 Å². The molecular weight excluding hydrogens is 708 g/mol. The van der Waals surface area contributed by atoms with Gasteiger partial charge in [0.1, 0.15) is 0 Å². The third-order valence-corrected chi connectivity index (χ3v) is 17.5. The summed E-state index contributed by atoms with van der Waals surface area (Å²) in [7, 11) is -1.00. The minimum absolute atomic E-state index is 0.0702. The summed E-state index contributed by atoms with van der Waals surface area (Å²) < 4.78 is 26.9. The number of ether oxygens (including phenoxy) is 3. The second kappa shape index (κ2) is 18.3. The van der Waals surface area contributed by atoms with Crippen molar-refractivity contribution in [2.24, 2.45) is 23.7 Å². The van der Waals surface area contributed by atoms with E-state index >= 15 is 0 Å². The molecule has 1 N–H and O–H groups in total. The number of benzene rings is 3. The van der Waals surface area contributed by atoms with Crippen molar-refractivity contribution in [3.8, 4) is 0 Å². The maximum atomic E-state index is 13.2. The van der Waals surface area contributed by atoms with E-state index in [9.17, 15) is 9.90 Å². The fourth-order valence-electron chi connectivity index (χ4n) is 7.59. The van der Waals surface area contributed by atoms with Crippen molar-refractivity contribution in [3.63, 3.8) is 0 Å². The van der Waals surface area contributed by atoms with Crippen LogP contribution in [0.1, 0.15) is 61.3 Å². The third-order valence-electron chi connectivity index (χ3n) is 10.1. The van der Waals surface area contributed by atoms with E-state index in [1.54, 1.807) is 19.3 Å².